The molecule has 3 nitrogen and oxygen atoms in total. The Balaban J connectivity index is 2.36. The summed E-state index contributed by atoms with van der Waals surface area (Å²) in [5.74, 6) is -2.62. The van der Waals surface area contributed by atoms with Crippen molar-refractivity contribution in [3.63, 3.8) is 0 Å². The first-order valence-electron chi connectivity index (χ1n) is 5.85. The summed E-state index contributed by atoms with van der Waals surface area (Å²) < 4.78 is 89.4. The van der Waals surface area contributed by atoms with Crippen LogP contribution in [0.4, 0.5) is 27.6 Å². The lowest BCUT2D eigenvalue weighted by Crippen LogP contribution is -2.14. The van der Waals surface area contributed by atoms with E-state index in [9.17, 15) is 30.4 Å². The summed E-state index contributed by atoms with van der Waals surface area (Å²) in [4.78, 5) is -0.604. The summed E-state index contributed by atoms with van der Waals surface area (Å²) in [6, 6.07) is 3.86. The van der Waals surface area contributed by atoms with Crippen molar-refractivity contribution in [3.8, 4) is 0 Å². The maximum atomic E-state index is 13.1. The predicted octanol–water partition coefficient (Wildman–Crippen LogP) is 4.44. The van der Waals surface area contributed by atoms with Crippen molar-refractivity contribution < 1.29 is 30.4 Å². The molecule has 1 N–H and O–H groups in total. The molecule has 124 valence electrons. The fourth-order valence-corrected chi connectivity index (χ4v) is 3.00. The first-order valence-corrected chi connectivity index (χ1v) is 7.71. The molecule has 2 aromatic carbocycles. The molecule has 0 aliphatic rings. The van der Waals surface area contributed by atoms with Gasteiger partial charge < -0.3 is 0 Å². The van der Waals surface area contributed by atoms with Crippen molar-refractivity contribution in [1.29, 1.82) is 0 Å². The Hall–Kier alpha value is -1.87. The van der Waals surface area contributed by atoms with Gasteiger partial charge in [-0.1, -0.05) is 11.6 Å². The molecule has 0 saturated carbocycles. The van der Waals surface area contributed by atoms with E-state index in [1.165, 1.54) is 0 Å². The monoisotopic (exact) mass is 371 g/mol. The maximum absolute atomic E-state index is 13.1. The van der Waals surface area contributed by atoms with E-state index in [0.29, 0.717) is 24.3 Å². The molecule has 23 heavy (non-hydrogen) atoms. The Kier molecular flexibility index (Phi) is 4.54. The van der Waals surface area contributed by atoms with Crippen LogP contribution in [-0.2, 0) is 16.2 Å². The SMILES string of the molecule is O=S(=O)(Nc1ccc(C(F)(F)F)cc1Cl)c1ccc(F)c(F)c1. The van der Waals surface area contributed by atoms with Crippen molar-refractivity contribution >= 4 is 27.3 Å². The van der Waals surface area contributed by atoms with Gasteiger partial charge in [0, 0.05) is 0 Å². The second kappa shape index (κ2) is 5.97. The third-order valence-electron chi connectivity index (χ3n) is 2.74. The summed E-state index contributed by atoms with van der Waals surface area (Å²) in [6.45, 7) is 0. The van der Waals surface area contributed by atoms with E-state index in [2.05, 4.69) is 0 Å². The number of benzene rings is 2. The molecule has 0 fully saturated rings. The summed E-state index contributed by atoms with van der Waals surface area (Å²) in [5, 5.41) is -0.494. The van der Waals surface area contributed by atoms with Gasteiger partial charge in [-0.3, -0.25) is 4.72 Å². The third-order valence-corrected chi connectivity index (χ3v) is 4.42. The Labute approximate surface area is 132 Å². The Morgan fingerprint density at radius 1 is 0.957 bits per heavy atom. The van der Waals surface area contributed by atoms with Crippen molar-refractivity contribution in [2.45, 2.75) is 11.1 Å². The minimum atomic E-state index is -4.64. The van der Waals surface area contributed by atoms with E-state index in [1.807, 2.05) is 4.72 Å². The molecule has 2 rings (SSSR count). The van der Waals surface area contributed by atoms with E-state index in [4.69, 9.17) is 11.6 Å². The van der Waals surface area contributed by atoms with Crippen LogP contribution in [0, 0.1) is 11.6 Å². The van der Waals surface area contributed by atoms with Gasteiger partial charge in [0.15, 0.2) is 11.6 Å². The van der Waals surface area contributed by atoms with Gasteiger partial charge in [-0.15, -0.1) is 0 Å². The Morgan fingerprint density at radius 3 is 2.13 bits per heavy atom. The predicted molar refractivity (Wildman–Crippen MR) is 73.6 cm³/mol. The minimum absolute atomic E-state index is 0.329. The molecule has 0 aliphatic heterocycles. The molecule has 0 radical (unpaired) electrons. The van der Waals surface area contributed by atoms with Crippen molar-refractivity contribution in [1.82, 2.24) is 0 Å². The highest BCUT2D eigenvalue weighted by Crippen LogP contribution is 2.34. The third kappa shape index (κ3) is 3.91. The molecule has 0 heterocycles. The second-order valence-corrected chi connectivity index (χ2v) is 6.46. The summed E-state index contributed by atoms with van der Waals surface area (Å²) >= 11 is 5.62. The highest BCUT2D eigenvalue weighted by atomic mass is 35.5. The van der Waals surface area contributed by atoms with E-state index in [0.717, 1.165) is 12.1 Å². The van der Waals surface area contributed by atoms with Crippen LogP contribution >= 0.6 is 11.6 Å². The highest BCUT2D eigenvalue weighted by Gasteiger charge is 2.31. The van der Waals surface area contributed by atoms with Gasteiger partial charge in [-0.25, -0.2) is 17.2 Å². The molecule has 0 unspecified atom stereocenters. The van der Waals surface area contributed by atoms with Crippen LogP contribution < -0.4 is 4.72 Å². The topological polar surface area (TPSA) is 46.2 Å². The van der Waals surface area contributed by atoms with Crippen LogP contribution in [0.2, 0.25) is 5.02 Å². The van der Waals surface area contributed by atoms with Crippen molar-refractivity contribution in [2.75, 3.05) is 4.72 Å². The molecule has 0 saturated heterocycles. The lowest BCUT2D eigenvalue weighted by molar-refractivity contribution is -0.137. The molecule has 0 amide bonds. The van der Waals surface area contributed by atoms with Crippen molar-refractivity contribution in [2.24, 2.45) is 0 Å². The van der Waals surface area contributed by atoms with Gasteiger partial charge in [-0.2, -0.15) is 13.2 Å². The standard InChI is InChI=1S/C13H7ClF5NO2S/c14-9-5-7(13(17,18)19)1-4-12(9)20-23(21,22)8-2-3-10(15)11(16)6-8/h1-6,20H. The van der Waals surface area contributed by atoms with Crippen LogP contribution in [0.25, 0.3) is 0 Å². The molecule has 0 spiro atoms. The van der Waals surface area contributed by atoms with Gasteiger partial charge in [-0.05, 0) is 36.4 Å². The molecule has 0 aromatic heterocycles. The van der Waals surface area contributed by atoms with Gasteiger partial charge >= 0.3 is 6.18 Å². The fourth-order valence-electron chi connectivity index (χ4n) is 1.62. The van der Waals surface area contributed by atoms with Gasteiger partial charge in [0.2, 0.25) is 0 Å². The first-order chi connectivity index (χ1) is 10.5. The fraction of sp³-hybridized carbons (Fsp3) is 0.0769. The average Bonchev–Trinajstić information content (AvgIpc) is 2.42. The van der Waals surface area contributed by atoms with Crippen LogP contribution in [0.5, 0.6) is 0 Å². The van der Waals surface area contributed by atoms with E-state index >= 15 is 0 Å². The second-order valence-electron chi connectivity index (χ2n) is 4.37. The summed E-state index contributed by atoms with van der Waals surface area (Å²) in [6.07, 6.45) is -4.64. The van der Waals surface area contributed by atoms with Crippen LogP contribution in [0.1, 0.15) is 5.56 Å². The molecule has 0 bridgehead atoms. The minimum Gasteiger partial charge on any atom is -0.278 e. The maximum Gasteiger partial charge on any atom is 0.416 e. The number of rotatable bonds is 3. The Morgan fingerprint density at radius 2 is 1.61 bits per heavy atom. The number of halogens is 6. The van der Waals surface area contributed by atoms with Crippen molar-refractivity contribution in [3.05, 3.63) is 58.6 Å². The summed E-state index contributed by atoms with van der Waals surface area (Å²) in [7, 11) is -4.35. The molecular weight excluding hydrogens is 365 g/mol. The van der Waals surface area contributed by atoms with E-state index in [-0.39, 0.29) is 5.69 Å². The number of hydrogen-bond acceptors (Lipinski definition) is 2. The van der Waals surface area contributed by atoms with Gasteiger partial charge in [0.05, 0.1) is 21.2 Å². The zero-order valence-corrected chi connectivity index (χ0v) is 12.5. The van der Waals surface area contributed by atoms with Crippen LogP contribution in [0.15, 0.2) is 41.3 Å². The van der Waals surface area contributed by atoms with Crippen LogP contribution in [0.3, 0.4) is 0 Å². The Bertz CT molecular complexity index is 852. The van der Waals surface area contributed by atoms with E-state index in [1.54, 1.807) is 0 Å². The quantitative estimate of drug-likeness (QED) is 0.811. The van der Waals surface area contributed by atoms with E-state index < -0.39 is 43.3 Å². The molecular formula is C13H7ClF5NO2S. The molecule has 0 atom stereocenters. The molecule has 2 aromatic rings. The largest absolute Gasteiger partial charge is 0.416 e. The zero-order valence-electron chi connectivity index (χ0n) is 11.0. The summed E-state index contributed by atoms with van der Waals surface area (Å²) in [5.41, 5.74) is -1.39. The van der Waals surface area contributed by atoms with Gasteiger partial charge in [0.25, 0.3) is 10.0 Å². The van der Waals surface area contributed by atoms with Gasteiger partial charge in [0.1, 0.15) is 0 Å². The van der Waals surface area contributed by atoms with Crippen LogP contribution in [-0.4, -0.2) is 8.42 Å². The lowest BCUT2D eigenvalue weighted by atomic mass is 10.2. The normalized spacial score (nSPS) is 12.3. The average molecular weight is 372 g/mol. The number of hydrogen-bond donors (Lipinski definition) is 1. The lowest BCUT2D eigenvalue weighted by Gasteiger charge is -2.12. The smallest absolute Gasteiger partial charge is 0.278 e. The number of sulfonamides is 1. The molecule has 10 heteroatoms. The number of nitrogens with one attached hydrogen (secondary N) is 1. The highest BCUT2D eigenvalue weighted by molar-refractivity contribution is 7.92. The zero-order chi connectivity index (χ0) is 17.4. The first kappa shape index (κ1) is 17.5. The number of anilines is 1. The molecule has 0 aliphatic carbocycles. The number of alkyl halides is 3.